The van der Waals surface area contributed by atoms with Crippen LogP contribution in [0.1, 0.15) is 49.1 Å². The molecular formula is C26H36N2O2. The van der Waals surface area contributed by atoms with Crippen molar-refractivity contribution in [1.82, 2.24) is 10.2 Å². The zero-order valence-corrected chi connectivity index (χ0v) is 18.5. The Morgan fingerprint density at radius 3 is 2.40 bits per heavy atom. The molecule has 4 heteroatoms. The third-order valence-corrected chi connectivity index (χ3v) is 7.01. The molecule has 2 N–H and O–H groups in total. The highest BCUT2D eigenvalue weighted by molar-refractivity contribution is 5.71. The lowest BCUT2D eigenvalue weighted by molar-refractivity contribution is -0.0316. The first-order chi connectivity index (χ1) is 14.6. The average Bonchev–Trinajstić information content (AvgIpc) is 2.79. The normalized spacial score (nSPS) is 20.6. The first kappa shape index (κ1) is 21.4. The summed E-state index contributed by atoms with van der Waals surface area (Å²) in [5, 5.41) is 15.2. The van der Waals surface area contributed by atoms with Gasteiger partial charge in [0.2, 0.25) is 0 Å². The standard InChI is InChI=1S/C26H36N2O2/c1-20-6-8-21(9-7-20)23-18-22(10-11-25(23)30-2)24(19-28-16-14-27-15-17-28)26(29)12-4-3-5-13-26/h6-11,18,24,27,29H,3-5,12-17,19H2,1-2H3. The summed E-state index contributed by atoms with van der Waals surface area (Å²) in [6.45, 7) is 7.18. The van der Waals surface area contributed by atoms with Gasteiger partial charge < -0.3 is 20.1 Å². The lowest BCUT2D eigenvalue weighted by Crippen LogP contribution is -2.49. The van der Waals surface area contributed by atoms with E-state index in [9.17, 15) is 5.11 Å². The fourth-order valence-electron chi connectivity index (χ4n) is 5.15. The van der Waals surface area contributed by atoms with E-state index in [0.717, 1.165) is 75.3 Å². The highest BCUT2D eigenvalue weighted by Crippen LogP contribution is 2.43. The van der Waals surface area contributed by atoms with Gasteiger partial charge in [-0.3, -0.25) is 0 Å². The molecule has 0 aromatic heterocycles. The lowest BCUT2D eigenvalue weighted by atomic mass is 9.72. The van der Waals surface area contributed by atoms with Crippen molar-refractivity contribution in [2.45, 2.75) is 50.5 Å². The van der Waals surface area contributed by atoms with Gasteiger partial charge in [0.15, 0.2) is 0 Å². The van der Waals surface area contributed by atoms with Gasteiger partial charge in [0.1, 0.15) is 5.75 Å². The zero-order chi connectivity index (χ0) is 21.0. The van der Waals surface area contributed by atoms with E-state index >= 15 is 0 Å². The lowest BCUT2D eigenvalue weighted by Gasteiger charge is -2.42. The molecular weight excluding hydrogens is 372 g/mol. The highest BCUT2D eigenvalue weighted by atomic mass is 16.5. The summed E-state index contributed by atoms with van der Waals surface area (Å²) in [5.41, 5.74) is 4.13. The van der Waals surface area contributed by atoms with Crippen molar-refractivity contribution < 1.29 is 9.84 Å². The van der Waals surface area contributed by atoms with Gasteiger partial charge in [-0.1, -0.05) is 55.2 Å². The molecule has 1 atom stereocenters. The van der Waals surface area contributed by atoms with E-state index in [4.69, 9.17) is 4.74 Å². The number of ether oxygens (including phenoxy) is 1. The van der Waals surface area contributed by atoms with Crippen molar-refractivity contribution >= 4 is 0 Å². The van der Waals surface area contributed by atoms with Gasteiger partial charge in [0, 0.05) is 44.2 Å². The number of methoxy groups -OCH3 is 1. The van der Waals surface area contributed by atoms with E-state index in [1.165, 1.54) is 17.5 Å². The molecule has 30 heavy (non-hydrogen) atoms. The number of hydrogen-bond donors (Lipinski definition) is 2. The maximum atomic E-state index is 11.8. The Kier molecular flexibility index (Phi) is 6.77. The van der Waals surface area contributed by atoms with Crippen molar-refractivity contribution in [3.05, 3.63) is 53.6 Å². The summed E-state index contributed by atoms with van der Waals surface area (Å²) >= 11 is 0. The number of hydrogen-bond acceptors (Lipinski definition) is 4. The summed E-state index contributed by atoms with van der Waals surface area (Å²) in [6.07, 6.45) is 5.27. The van der Waals surface area contributed by atoms with E-state index in [0.29, 0.717) is 0 Å². The molecule has 2 aromatic carbocycles. The predicted molar refractivity (Wildman–Crippen MR) is 123 cm³/mol. The Bertz CT molecular complexity index is 821. The summed E-state index contributed by atoms with van der Waals surface area (Å²) < 4.78 is 5.70. The molecule has 0 spiro atoms. The molecule has 1 saturated carbocycles. The van der Waals surface area contributed by atoms with Gasteiger partial charge in [0.25, 0.3) is 0 Å². The van der Waals surface area contributed by atoms with Crippen LogP contribution in [0.3, 0.4) is 0 Å². The maximum absolute atomic E-state index is 11.8. The topological polar surface area (TPSA) is 44.7 Å². The molecule has 1 heterocycles. The fraction of sp³-hybridized carbons (Fsp3) is 0.538. The Morgan fingerprint density at radius 2 is 1.73 bits per heavy atom. The molecule has 4 rings (SSSR count). The number of piperazine rings is 1. The molecule has 1 unspecified atom stereocenters. The second kappa shape index (κ2) is 9.51. The molecule has 1 aliphatic heterocycles. The summed E-state index contributed by atoms with van der Waals surface area (Å²) in [7, 11) is 1.74. The smallest absolute Gasteiger partial charge is 0.126 e. The van der Waals surface area contributed by atoms with Crippen LogP contribution in [-0.4, -0.2) is 55.4 Å². The Morgan fingerprint density at radius 1 is 1.03 bits per heavy atom. The average molecular weight is 409 g/mol. The second-order valence-electron chi connectivity index (χ2n) is 9.09. The van der Waals surface area contributed by atoms with Crippen molar-refractivity contribution in [1.29, 1.82) is 0 Å². The minimum Gasteiger partial charge on any atom is -0.496 e. The second-order valence-corrected chi connectivity index (χ2v) is 9.09. The first-order valence-corrected chi connectivity index (χ1v) is 11.5. The monoisotopic (exact) mass is 408 g/mol. The summed E-state index contributed by atoms with van der Waals surface area (Å²) in [5.74, 6) is 1.00. The van der Waals surface area contributed by atoms with Crippen LogP contribution in [0.4, 0.5) is 0 Å². The predicted octanol–water partition coefficient (Wildman–Crippen LogP) is 4.35. The van der Waals surface area contributed by atoms with E-state index < -0.39 is 5.60 Å². The van der Waals surface area contributed by atoms with Crippen molar-refractivity contribution in [3.8, 4) is 16.9 Å². The van der Waals surface area contributed by atoms with Gasteiger partial charge in [-0.25, -0.2) is 0 Å². The van der Waals surface area contributed by atoms with Gasteiger partial charge in [-0.15, -0.1) is 0 Å². The van der Waals surface area contributed by atoms with Crippen LogP contribution in [0.2, 0.25) is 0 Å². The van der Waals surface area contributed by atoms with Gasteiger partial charge >= 0.3 is 0 Å². The van der Waals surface area contributed by atoms with Gasteiger partial charge in [0.05, 0.1) is 12.7 Å². The number of benzene rings is 2. The van der Waals surface area contributed by atoms with Crippen LogP contribution in [0.15, 0.2) is 42.5 Å². The minimum atomic E-state index is -0.623. The molecule has 0 amide bonds. The molecule has 2 aromatic rings. The number of aryl methyl sites for hydroxylation is 1. The number of nitrogens with one attached hydrogen (secondary N) is 1. The largest absolute Gasteiger partial charge is 0.496 e. The molecule has 162 valence electrons. The van der Waals surface area contributed by atoms with E-state index in [-0.39, 0.29) is 5.92 Å². The molecule has 1 aliphatic carbocycles. The van der Waals surface area contributed by atoms with E-state index in [1.807, 2.05) is 0 Å². The van der Waals surface area contributed by atoms with Gasteiger partial charge in [-0.05, 0) is 43.0 Å². The molecule has 2 aliphatic rings. The third-order valence-electron chi connectivity index (χ3n) is 7.01. The van der Waals surface area contributed by atoms with Crippen LogP contribution in [-0.2, 0) is 0 Å². The van der Waals surface area contributed by atoms with Crippen LogP contribution in [0.25, 0.3) is 11.1 Å². The first-order valence-electron chi connectivity index (χ1n) is 11.5. The SMILES string of the molecule is COc1ccc(C(CN2CCNCC2)C2(O)CCCCC2)cc1-c1ccc(C)cc1. The maximum Gasteiger partial charge on any atom is 0.126 e. The van der Waals surface area contributed by atoms with Crippen LogP contribution in [0, 0.1) is 6.92 Å². The molecule has 0 radical (unpaired) electrons. The van der Waals surface area contributed by atoms with Crippen molar-refractivity contribution in [2.75, 3.05) is 39.8 Å². The highest BCUT2D eigenvalue weighted by Gasteiger charge is 2.40. The number of nitrogens with zero attached hydrogens (tertiary/aromatic N) is 1. The van der Waals surface area contributed by atoms with Crippen molar-refractivity contribution in [3.63, 3.8) is 0 Å². The van der Waals surface area contributed by atoms with Gasteiger partial charge in [-0.2, -0.15) is 0 Å². The quantitative estimate of drug-likeness (QED) is 0.746. The Hall–Kier alpha value is -1.88. The Balaban J connectivity index is 1.71. The molecule has 1 saturated heterocycles. The van der Waals surface area contributed by atoms with Crippen LogP contribution < -0.4 is 10.1 Å². The molecule has 0 bridgehead atoms. The minimum absolute atomic E-state index is 0.117. The van der Waals surface area contributed by atoms with Crippen LogP contribution in [0.5, 0.6) is 5.75 Å². The van der Waals surface area contributed by atoms with E-state index in [2.05, 4.69) is 59.6 Å². The zero-order valence-electron chi connectivity index (χ0n) is 18.5. The number of rotatable bonds is 6. The van der Waals surface area contributed by atoms with Crippen molar-refractivity contribution in [2.24, 2.45) is 0 Å². The Labute approximate surface area is 181 Å². The van der Waals surface area contributed by atoms with E-state index in [1.54, 1.807) is 7.11 Å². The molecule has 4 nitrogen and oxygen atoms in total. The van der Waals surface area contributed by atoms with Crippen LogP contribution >= 0.6 is 0 Å². The fourth-order valence-corrected chi connectivity index (χ4v) is 5.15. The third kappa shape index (κ3) is 4.72. The summed E-state index contributed by atoms with van der Waals surface area (Å²) in [4.78, 5) is 2.52. The summed E-state index contributed by atoms with van der Waals surface area (Å²) in [6, 6.07) is 15.2. The number of aliphatic hydroxyl groups is 1. The molecule has 2 fully saturated rings.